The average Bonchev–Trinajstić information content (AvgIpc) is 2.87. The molecular formula is C27H30N6O3. The van der Waals surface area contributed by atoms with Crippen molar-refractivity contribution in [3.8, 4) is 11.5 Å². The highest BCUT2D eigenvalue weighted by Crippen LogP contribution is 2.36. The van der Waals surface area contributed by atoms with Crippen LogP contribution in [0.4, 0.5) is 11.8 Å². The first kappa shape index (κ1) is 24.7. The van der Waals surface area contributed by atoms with Crippen molar-refractivity contribution in [1.29, 1.82) is 0 Å². The lowest BCUT2D eigenvalue weighted by Gasteiger charge is -2.33. The fourth-order valence-electron chi connectivity index (χ4n) is 4.37. The first-order valence-corrected chi connectivity index (χ1v) is 11.6. The minimum Gasteiger partial charge on any atom is -0.493 e. The van der Waals surface area contributed by atoms with Crippen molar-refractivity contribution >= 4 is 30.0 Å². The fraction of sp³-hybridized carbons (Fsp3) is 0.259. The van der Waals surface area contributed by atoms with Gasteiger partial charge >= 0.3 is 0 Å². The van der Waals surface area contributed by atoms with Crippen LogP contribution in [0.2, 0.25) is 0 Å². The predicted octanol–water partition coefficient (Wildman–Crippen LogP) is 3.84. The van der Waals surface area contributed by atoms with Gasteiger partial charge in [0.1, 0.15) is 5.82 Å². The molecule has 4 N–H and O–H groups in total. The molecule has 9 nitrogen and oxygen atoms in total. The number of carbonyl (C=O) groups is 1. The first-order valence-electron chi connectivity index (χ1n) is 11.6. The molecule has 2 aromatic carbocycles. The van der Waals surface area contributed by atoms with Crippen molar-refractivity contribution in [3.63, 3.8) is 0 Å². The molecule has 1 aliphatic rings. The maximum Gasteiger partial charge on any atom is 0.267 e. The maximum absolute atomic E-state index is 13.3. The number of amides is 1. The van der Waals surface area contributed by atoms with Gasteiger partial charge in [-0.3, -0.25) is 4.79 Å². The number of aromatic nitrogens is 2. The van der Waals surface area contributed by atoms with Gasteiger partial charge in [-0.05, 0) is 40.8 Å². The lowest BCUT2D eigenvalue weighted by atomic mass is 9.91. The number of hydrogen-bond donors (Lipinski definition) is 2. The number of nitrogens with zero attached hydrogens (tertiary/aromatic N) is 4. The van der Waals surface area contributed by atoms with Crippen LogP contribution in [-0.2, 0) is 11.2 Å². The quantitative estimate of drug-likeness (QED) is 0.486. The van der Waals surface area contributed by atoms with E-state index in [1.165, 1.54) is 11.1 Å². The Bertz CT molecular complexity index is 1340. The Morgan fingerprint density at radius 3 is 2.64 bits per heavy atom. The molecular weight excluding hydrogens is 456 g/mol. The largest absolute Gasteiger partial charge is 0.493 e. The molecule has 0 aliphatic carbocycles. The van der Waals surface area contributed by atoms with Crippen LogP contribution < -0.4 is 20.9 Å². The van der Waals surface area contributed by atoms with Crippen LogP contribution in [0.5, 0.6) is 11.5 Å². The van der Waals surface area contributed by atoms with Gasteiger partial charge in [0, 0.05) is 29.8 Å². The number of benzene rings is 2. The molecule has 0 bridgehead atoms. The van der Waals surface area contributed by atoms with Gasteiger partial charge in [0.05, 0.1) is 26.5 Å². The summed E-state index contributed by atoms with van der Waals surface area (Å²) in [5, 5.41) is 6.00. The molecule has 1 unspecified atom stereocenters. The van der Waals surface area contributed by atoms with E-state index < -0.39 is 0 Å². The second-order valence-corrected chi connectivity index (χ2v) is 8.81. The van der Waals surface area contributed by atoms with Crippen LogP contribution in [0, 0.1) is 5.92 Å². The van der Waals surface area contributed by atoms with Crippen molar-refractivity contribution in [3.05, 3.63) is 76.5 Å². The Labute approximate surface area is 210 Å². The minimum absolute atomic E-state index is 0.119. The number of fused-ring (bicyclic) bond motifs is 1. The number of nitrogen functional groups attached to an aromatic ring is 2. The Kier molecular flexibility index (Phi) is 7.19. The molecule has 3 aromatic rings. The predicted molar refractivity (Wildman–Crippen MR) is 141 cm³/mol. The number of anilines is 2. The molecule has 36 heavy (non-hydrogen) atoms. The highest BCUT2D eigenvalue weighted by atomic mass is 16.5. The Hall–Kier alpha value is -4.40. The van der Waals surface area contributed by atoms with E-state index in [4.69, 9.17) is 20.9 Å². The highest BCUT2D eigenvalue weighted by Gasteiger charge is 2.30. The maximum atomic E-state index is 13.3. The first-order chi connectivity index (χ1) is 17.3. The molecule has 1 amide bonds. The Balaban J connectivity index is 1.66. The van der Waals surface area contributed by atoms with Crippen molar-refractivity contribution < 1.29 is 14.3 Å². The Morgan fingerprint density at radius 1 is 1.17 bits per heavy atom. The second-order valence-electron chi connectivity index (χ2n) is 8.81. The smallest absolute Gasteiger partial charge is 0.267 e. The van der Waals surface area contributed by atoms with E-state index in [1.54, 1.807) is 32.7 Å². The number of hydrogen-bond acceptors (Lipinski definition) is 8. The van der Waals surface area contributed by atoms with Gasteiger partial charge in [0.2, 0.25) is 5.95 Å². The SMILES string of the molecule is COc1cc(Cc2cnc(N)nc2N)cc(/C=C/C(=O)N2N=Cc3ccccc3C2C(C)C)c1OC. The molecule has 186 valence electrons. The topological polar surface area (TPSA) is 129 Å². The summed E-state index contributed by atoms with van der Waals surface area (Å²) in [5.74, 6) is 1.41. The standard InChI is InChI=1S/C27H30N6O3/c1-16(2)24-21-8-6-5-7-19(21)15-31-33(24)23(34)10-9-18-11-17(13-22(35-3)25(18)36-4)12-20-14-30-27(29)32-26(20)28/h5-11,13-16,24H,12H2,1-4H3,(H4,28,29,30,32)/b10-9+. The summed E-state index contributed by atoms with van der Waals surface area (Å²) in [6, 6.07) is 11.6. The molecule has 9 heteroatoms. The van der Waals surface area contributed by atoms with Crippen LogP contribution in [0.25, 0.3) is 6.08 Å². The summed E-state index contributed by atoms with van der Waals surface area (Å²) in [6.07, 6.45) is 6.99. The third-order valence-corrected chi connectivity index (χ3v) is 6.04. The lowest BCUT2D eigenvalue weighted by Crippen LogP contribution is -2.35. The van der Waals surface area contributed by atoms with Crippen LogP contribution in [-0.4, -0.2) is 41.3 Å². The molecule has 0 radical (unpaired) electrons. The van der Waals surface area contributed by atoms with Crippen molar-refractivity contribution in [2.24, 2.45) is 11.0 Å². The number of rotatable bonds is 7. The number of ether oxygens (including phenoxy) is 2. The normalized spacial score (nSPS) is 14.8. The van der Waals surface area contributed by atoms with Gasteiger partial charge in [-0.2, -0.15) is 10.1 Å². The molecule has 0 fully saturated rings. The van der Waals surface area contributed by atoms with Gasteiger partial charge in [-0.15, -0.1) is 0 Å². The Morgan fingerprint density at radius 2 is 1.94 bits per heavy atom. The fourth-order valence-corrected chi connectivity index (χ4v) is 4.37. The summed E-state index contributed by atoms with van der Waals surface area (Å²) in [4.78, 5) is 21.4. The molecule has 0 saturated carbocycles. The van der Waals surface area contributed by atoms with E-state index in [9.17, 15) is 4.79 Å². The van der Waals surface area contributed by atoms with E-state index in [0.717, 1.165) is 22.3 Å². The summed E-state index contributed by atoms with van der Waals surface area (Å²) >= 11 is 0. The zero-order valence-corrected chi connectivity index (χ0v) is 20.8. The molecule has 4 rings (SSSR count). The molecule has 2 heterocycles. The zero-order chi connectivity index (χ0) is 25.8. The summed E-state index contributed by atoms with van der Waals surface area (Å²) < 4.78 is 11.2. The van der Waals surface area contributed by atoms with Gasteiger partial charge in [-0.1, -0.05) is 38.1 Å². The monoisotopic (exact) mass is 486 g/mol. The van der Waals surface area contributed by atoms with Crippen LogP contribution in [0.3, 0.4) is 0 Å². The van der Waals surface area contributed by atoms with E-state index in [-0.39, 0.29) is 23.8 Å². The van der Waals surface area contributed by atoms with Crippen molar-refractivity contribution in [2.45, 2.75) is 26.3 Å². The van der Waals surface area contributed by atoms with Gasteiger partial charge in [-0.25, -0.2) is 9.99 Å². The summed E-state index contributed by atoms with van der Waals surface area (Å²) in [7, 11) is 3.12. The third kappa shape index (κ3) is 5.00. The van der Waals surface area contributed by atoms with E-state index >= 15 is 0 Å². The molecule has 1 aromatic heterocycles. The third-order valence-electron chi connectivity index (χ3n) is 6.04. The molecule has 1 atom stereocenters. The number of methoxy groups -OCH3 is 2. The molecule has 1 aliphatic heterocycles. The second kappa shape index (κ2) is 10.5. The number of hydrazone groups is 1. The average molecular weight is 487 g/mol. The minimum atomic E-state index is -0.234. The van der Waals surface area contributed by atoms with Crippen LogP contribution >= 0.6 is 0 Å². The van der Waals surface area contributed by atoms with Gasteiger partial charge in [0.25, 0.3) is 5.91 Å². The molecule has 0 saturated heterocycles. The zero-order valence-electron chi connectivity index (χ0n) is 20.8. The van der Waals surface area contributed by atoms with Crippen molar-refractivity contribution in [1.82, 2.24) is 15.0 Å². The lowest BCUT2D eigenvalue weighted by molar-refractivity contribution is -0.129. The molecule has 0 spiro atoms. The number of carbonyl (C=O) groups excluding carboxylic acids is 1. The van der Waals surface area contributed by atoms with E-state index in [0.29, 0.717) is 29.3 Å². The summed E-state index contributed by atoms with van der Waals surface area (Å²) in [6.45, 7) is 4.16. The van der Waals surface area contributed by atoms with E-state index in [1.807, 2.05) is 36.4 Å². The van der Waals surface area contributed by atoms with Gasteiger partial charge < -0.3 is 20.9 Å². The highest BCUT2D eigenvalue weighted by molar-refractivity contribution is 5.95. The van der Waals surface area contributed by atoms with Gasteiger partial charge in [0.15, 0.2) is 11.5 Å². The number of nitrogens with two attached hydrogens (primary N) is 2. The summed E-state index contributed by atoms with van der Waals surface area (Å²) in [5.41, 5.74) is 16.0. The van der Waals surface area contributed by atoms with Crippen LogP contribution in [0.15, 0.2) is 53.8 Å². The van der Waals surface area contributed by atoms with Crippen LogP contribution in [0.1, 0.15) is 47.7 Å². The van der Waals surface area contributed by atoms with E-state index in [2.05, 4.69) is 28.9 Å². The van der Waals surface area contributed by atoms with Crippen molar-refractivity contribution in [2.75, 3.05) is 25.7 Å².